The number of aromatic nitrogens is 1. The number of piperidine rings is 1. The number of likely N-dealkylation sites (tertiary alicyclic amines) is 1. The van der Waals surface area contributed by atoms with Gasteiger partial charge in [-0.2, -0.15) is 0 Å². The molecule has 3 rings (SSSR count). The number of nitrogens with zero attached hydrogens (tertiary/aromatic N) is 2. The predicted octanol–water partition coefficient (Wildman–Crippen LogP) is 3.98. The van der Waals surface area contributed by atoms with Crippen molar-refractivity contribution in [3.63, 3.8) is 0 Å². The van der Waals surface area contributed by atoms with Gasteiger partial charge in [0.15, 0.2) is 0 Å². The van der Waals surface area contributed by atoms with Crippen LogP contribution in [0.25, 0.3) is 10.6 Å². The minimum Gasteiger partial charge on any atom is -0.342 e. The van der Waals surface area contributed by atoms with Crippen LogP contribution in [0.3, 0.4) is 0 Å². The fourth-order valence-corrected chi connectivity index (χ4v) is 3.86. The van der Waals surface area contributed by atoms with Crippen molar-refractivity contribution in [3.05, 3.63) is 40.4 Å². The zero-order valence-electron chi connectivity index (χ0n) is 13.3. The summed E-state index contributed by atoms with van der Waals surface area (Å²) in [5.41, 5.74) is 3.37. The number of benzene rings is 1. The monoisotopic (exact) mass is 314 g/mol. The lowest BCUT2D eigenvalue weighted by atomic mass is 10.1. The van der Waals surface area contributed by atoms with Gasteiger partial charge < -0.3 is 4.90 Å². The van der Waals surface area contributed by atoms with E-state index < -0.39 is 0 Å². The molecule has 0 bridgehead atoms. The molecule has 2 aromatic rings. The highest BCUT2D eigenvalue weighted by atomic mass is 32.1. The maximum atomic E-state index is 12.4. The molecule has 0 unspecified atom stereocenters. The largest absolute Gasteiger partial charge is 0.342 e. The van der Waals surface area contributed by atoms with Crippen molar-refractivity contribution in [1.29, 1.82) is 0 Å². The fraction of sp³-hybridized carbons (Fsp3) is 0.444. The van der Waals surface area contributed by atoms with E-state index in [1.807, 2.05) is 11.8 Å². The van der Waals surface area contributed by atoms with Gasteiger partial charge in [0, 0.05) is 23.5 Å². The second kappa shape index (κ2) is 6.61. The average Bonchev–Trinajstić information content (AvgIpc) is 2.90. The van der Waals surface area contributed by atoms with Gasteiger partial charge in [0.05, 0.1) is 12.1 Å². The van der Waals surface area contributed by atoms with Crippen molar-refractivity contribution >= 4 is 17.2 Å². The van der Waals surface area contributed by atoms with E-state index in [0.717, 1.165) is 47.1 Å². The summed E-state index contributed by atoms with van der Waals surface area (Å²) >= 11 is 1.65. The van der Waals surface area contributed by atoms with Crippen LogP contribution in [0.1, 0.15) is 35.4 Å². The van der Waals surface area contributed by atoms with Crippen LogP contribution >= 0.6 is 11.3 Å². The van der Waals surface area contributed by atoms with Crippen molar-refractivity contribution in [1.82, 2.24) is 9.88 Å². The van der Waals surface area contributed by atoms with Crippen molar-refractivity contribution < 1.29 is 4.79 Å². The van der Waals surface area contributed by atoms with E-state index in [2.05, 4.69) is 36.2 Å². The van der Waals surface area contributed by atoms with Crippen molar-refractivity contribution in [2.24, 2.45) is 0 Å². The lowest BCUT2D eigenvalue weighted by molar-refractivity contribution is -0.131. The fourth-order valence-electron chi connectivity index (χ4n) is 2.80. The highest BCUT2D eigenvalue weighted by molar-refractivity contribution is 7.15. The Bertz CT molecular complexity index is 654. The third-order valence-electron chi connectivity index (χ3n) is 4.21. The van der Waals surface area contributed by atoms with Crippen LogP contribution in [0.2, 0.25) is 0 Å². The molecule has 0 atom stereocenters. The minimum absolute atomic E-state index is 0.252. The summed E-state index contributed by atoms with van der Waals surface area (Å²) in [7, 11) is 0. The Balaban J connectivity index is 1.74. The van der Waals surface area contributed by atoms with E-state index in [0.29, 0.717) is 6.42 Å². The zero-order valence-corrected chi connectivity index (χ0v) is 14.1. The Morgan fingerprint density at radius 1 is 1.14 bits per heavy atom. The summed E-state index contributed by atoms with van der Waals surface area (Å²) < 4.78 is 0. The molecule has 1 saturated heterocycles. The number of hydrogen-bond donors (Lipinski definition) is 0. The zero-order chi connectivity index (χ0) is 15.5. The van der Waals surface area contributed by atoms with Crippen LogP contribution in [-0.4, -0.2) is 28.9 Å². The van der Waals surface area contributed by atoms with Gasteiger partial charge in [-0.15, -0.1) is 11.3 Å². The molecule has 0 spiro atoms. The Kier molecular flexibility index (Phi) is 4.57. The number of carbonyl (C=O) groups is 1. The number of aryl methyl sites for hydroxylation is 2. The minimum atomic E-state index is 0.252. The summed E-state index contributed by atoms with van der Waals surface area (Å²) in [6.45, 7) is 5.93. The molecule has 1 aliphatic heterocycles. The SMILES string of the molecule is Cc1ccc(-c2nc(C)c(CC(=O)N3CCCCC3)s2)cc1. The molecular weight excluding hydrogens is 292 g/mol. The molecule has 0 radical (unpaired) electrons. The average molecular weight is 314 g/mol. The molecule has 0 N–H and O–H groups in total. The maximum absolute atomic E-state index is 12.4. The van der Waals surface area contributed by atoms with Crippen LogP contribution in [-0.2, 0) is 11.2 Å². The van der Waals surface area contributed by atoms with Gasteiger partial charge in [-0.25, -0.2) is 4.98 Å². The van der Waals surface area contributed by atoms with Gasteiger partial charge >= 0.3 is 0 Å². The van der Waals surface area contributed by atoms with Crippen molar-refractivity contribution in [2.75, 3.05) is 13.1 Å². The Morgan fingerprint density at radius 2 is 1.82 bits per heavy atom. The first-order chi connectivity index (χ1) is 10.6. The van der Waals surface area contributed by atoms with E-state index in [9.17, 15) is 4.79 Å². The number of amides is 1. The van der Waals surface area contributed by atoms with Crippen LogP contribution in [0.4, 0.5) is 0 Å². The maximum Gasteiger partial charge on any atom is 0.227 e. The topological polar surface area (TPSA) is 33.2 Å². The first-order valence-corrected chi connectivity index (χ1v) is 8.76. The highest BCUT2D eigenvalue weighted by Gasteiger charge is 2.19. The van der Waals surface area contributed by atoms with E-state index in [1.54, 1.807) is 11.3 Å². The Morgan fingerprint density at radius 3 is 2.50 bits per heavy atom. The second-order valence-corrected chi connectivity index (χ2v) is 7.10. The molecule has 4 heteroatoms. The van der Waals surface area contributed by atoms with E-state index in [4.69, 9.17) is 0 Å². The van der Waals surface area contributed by atoms with Gasteiger partial charge in [0.2, 0.25) is 5.91 Å². The number of thiazole rings is 1. The highest BCUT2D eigenvalue weighted by Crippen LogP contribution is 2.29. The second-order valence-electron chi connectivity index (χ2n) is 6.01. The first kappa shape index (κ1) is 15.2. The summed E-state index contributed by atoms with van der Waals surface area (Å²) in [6.07, 6.45) is 4.03. The molecule has 1 aromatic heterocycles. The van der Waals surface area contributed by atoms with E-state index >= 15 is 0 Å². The Hall–Kier alpha value is -1.68. The third-order valence-corrected chi connectivity index (χ3v) is 5.42. The van der Waals surface area contributed by atoms with Gasteiger partial charge in [0.25, 0.3) is 0 Å². The first-order valence-electron chi connectivity index (χ1n) is 7.94. The normalized spacial score (nSPS) is 15.1. The van der Waals surface area contributed by atoms with Crippen molar-refractivity contribution in [3.8, 4) is 10.6 Å². The summed E-state index contributed by atoms with van der Waals surface area (Å²) in [5, 5.41) is 1.01. The van der Waals surface area contributed by atoms with Crippen LogP contribution in [0, 0.1) is 13.8 Å². The smallest absolute Gasteiger partial charge is 0.227 e. The summed E-state index contributed by atoms with van der Waals surface area (Å²) in [5.74, 6) is 0.252. The quantitative estimate of drug-likeness (QED) is 0.858. The van der Waals surface area contributed by atoms with Gasteiger partial charge in [0.1, 0.15) is 5.01 Å². The standard InChI is InChI=1S/C18H22N2OS/c1-13-6-8-15(9-7-13)18-19-14(2)16(22-18)12-17(21)20-10-4-3-5-11-20/h6-9H,3-5,10-12H2,1-2H3. The third kappa shape index (κ3) is 3.38. The molecule has 1 amide bonds. The lowest BCUT2D eigenvalue weighted by Crippen LogP contribution is -2.36. The van der Waals surface area contributed by atoms with Crippen LogP contribution < -0.4 is 0 Å². The molecule has 2 heterocycles. The molecule has 1 aliphatic rings. The number of carbonyl (C=O) groups excluding carboxylic acids is 1. The summed E-state index contributed by atoms with van der Waals surface area (Å²) in [6, 6.07) is 8.41. The van der Waals surface area contributed by atoms with E-state index in [-0.39, 0.29) is 5.91 Å². The molecule has 0 aliphatic carbocycles. The molecule has 22 heavy (non-hydrogen) atoms. The number of rotatable bonds is 3. The van der Waals surface area contributed by atoms with Gasteiger partial charge in [-0.05, 0) is 33.1 Å². The van der Waals surface area contributed by atoms with Crippen molar-refractivity contribution in [2.45, 2.75) is 39.5 Å². The predicted molar refractivity (Wildman–Crippen MR) is 91.2 cm³/mol. The number of hydrogen-bond acceptors (Lipinski definition) is 3. The summed E-state index contributed by atoms with van der Waals surface area (Å²) in [4.78, 5) is 20.2. The molecule has 1 fully saturated rings. The molecule has 116 valence electrons. The van der Waals surface area contributed by atoms with Crippen LogP contribution in [0.5, 0.6) is 0 Å². The van der Waals surface area contributed by atoms with E-state index in [1.165, 1.54) is 12.0 Å². The van der Waals surface area contributed by atoms with Gasteiger partial charge in [-0.3, -0.25) is 4.79 Å². The Labute approximate surface area is 136 Å². The molecular formula is C18H22N2OS. The van der Waals surface area contributed by atoms with Gasteiger partial charge in [-0.1, -0.05) is 29.8 Å². The molecule has 0 saturated carbocycles. The lowest BCUT2D eigenvalue weighted by Gasteiger charge is -2.26. The molecule has 1 aromatic carbocycles. The molecule has 3 nitrogen and oxygen atoms in total. The van der Waals surface area contributed by atoms with Crippen LogP contribution in [0.15, 0.2) is 24.3 Å².